The molecule has 0 bridgehead atoms. The predicted molar refractivity (Wildman–Crippen MR) is 198 cm³/mol. The van der Waals surface area contributed by atoms with Crippen molar-refractivity contribution in [2.45, 2.75) is 183 Å². The van der Waals surface area contributed by atoms with E-state index in [0.29, 0.717) is 24.2 Å². The second kappa shape index (κ2) is 15.4. The molecule has 5 rings (SSSR count). The summed E-state index contributed by atoms with van der Waals surface area (Å²) in [5, 5.41) is 14.7. The lowest BCUT2D eigenvalue weighted by atomic mass is 9.32. The van der Waals surface area contributed by atoms with Crippen LogP contribution in [-0.4, -0.2) is 48.8 Å². The minimum absolute atomic E-state index is 0.0103. The van der Waals surface area contributed by atoms with Gasteiger partial charge in [0.25, 0.3) is 0 Å². The molecule has 7 nitrogen and oxygen atoms in total. The van der Waals surface area contributed by atoms with E-state index in [0.717, 1.165) is 83.6 Å². The molecule has 1 amide bonds. The number of rotatable bonds is 14. The number of aliphatic hydroxyl groups excluding tert-OH is 1. The molecule has 0 saturated heterocycles. The van der Waals surface area contributed by atoms with Crippen LogP contribution in [0.2, 0.25) is 0 Å². The molecule has 50 heavy (non-hydrogen) atoms. The molecule has 286 valence electrons. The minimum atomic E-state index is -0.395. The molecule has 11 atom stereocenters. The van der Waals surface area contributed by atoms with Gasteiger partial charge >= 0.3 is 11.9 Å². The van der Waals surface area contributed by atoms with Gasteiger partial charge in [0.05, 0.1) is 18.6 Å². The van der Waals surface area contributed by atoms with Crippen LogP contribution < -0.4 is 5.32 Å². The Morgan fingerprint density at radius 1 is 0.760 bits per heavy atom. The van der Waals surface area contributed by atoms with Crippen LogP contribution >= 0.6 is 0 Å². The second-order valence-corrected chi connectivity index (χ2v) is 19.2. The number of carbonyl (C=O) groups is 3. The van der Waals surface area contributed by atoms with Crippen LogP contribution in [-0.2, 0) is 23.9 Å². The van der Waals surface area contributed by atoms with Gasteiger partial charge in [-0.1, -0.05) is 73.1 Å². The quantitative estimate of drug-likeness (QED) is 0.139. The molecular formula is C43H73NO6. The van der Waals surface area contributed by atoms with Crippen molar-refractivity contribution in [2.75, 3.05) is 13.7 Å². The van der Waals surface area contributed by atoms with E-state index >= 15 is 0 Å². The largest absolute Gasteiger partial charge is 0.469 e. The number of hydrogen-bond donors (Lipinski definition) is 2. The molecule has 7 heteroatoms. The van der Waals surface area contributed by atoms with E-state index in [-0.39, 0.29) is 62.9 Å². The maximum atomic E-state index is 14.4. The van der Waals surface area contributed by atoms with Gasteiger partial charge < -0.3 is 19.9 Å². The molecule has 0 heterocycles. The Balaban J connectivity index is 1.23. The van der Waals surface area contributed by atoms with Crippen LogP contribution in [0.15, 0.2) is 0 Å². The first-order valence-electron chi connectivity index (χ1n) is 20.8. The van der Waals surface area contributed by atoms with E-state index in [1.165, 1.54) is 45.6 Å². The highest BCUT2D eigenvalue weighted by Crippen LogP contribution is 2.77. The highest BCUT2D eigenvalue weighted by molar-refractivity contribution is 5.83. The smallest absolute Gasteiger partial charge is 0.305 e. The summed E-state index contributed by atoms with van der Waals surface area (Å²) < 4.78 is 10.7. The summed E-state index contributed by atoms with van der Waals surface area (Å²) in [6.07, 6.45) is 19.7. The summed E-state index contributed by atoms with van der Waals surface area (Å²) in [5.74, 6) is 2.00. The average molecular weight is 700 g/mol. The van der Waals surface area contributed by atoms with Crippen molar-refractivity contribution in [1.82, 2.24) is 5.32 Å². The van der Waals surface area contributed by atoms with Gasteiger partial charge in [-0.15, -0.1) is 0 Å². The highest BCUT2D eigenvalue weighted by atomic mass is 16.5. The third-order valence-electron chi connectivity index (χ3n) is 16.6. The predicted octanol–water partition coefficient (Wildman–Crippen LogP) is 9.18. The van der Waals surface area contributed by atoms with Gasteiger partial charge in [-0.2, -0.15) is 0 Å². The first kappa shape index (κ1) is 39.6. The first-order valence-corrected chi connectivity index (χ1v) is 20.8. The van der Waals surface area contributed by atoms with Crippen LogP contribution in [0.25, 0.3) is 0 Å². The third kappa shape index (κ3) is 6.93. The molecular weight excluding hydrogens is 626 g/mol. The van der Waals surface area contributed by atoms with Crippen molar-refractivity contribution in [2.24, 2.45) is 56.7 Å². The van der Waals surface area contributed by atoms with Gasteiger partial charge in [0.15, 0.2) is 0 Å². The van der Waals surface area contributed by atoms with Gasteiger partial charge in [0, 0.05) is 25.3 Å². The number of ether oxygens (including phenoxy) is 2. The number of hydrogen-bond acceptors (Lipinski definition) is 6. The Morgan fingerprint density at radius 3 is 2.06 bits per heavy atom. The molecule has 0 aliphatic heterocycles. The van der Waals surface area contributed by atoms with Gasteiger partial charge in [-0.05, 0) is 130 Å². The number of unbranched alkanes of at least 4 members (excludes halogenated alkanes) is 7. The average Bonchev–Trinajstić information content (AvgIpc) is 3.46. The zero-order chi connectivity index (χ0) is 36.5. The Hall–Kier alpha value is -1.63. The zero-order valence-corrected chi connectivity index (χ0v) is 33.2. The molecule has 0 aromatic heterocycles. The van der Waals surface area contributed by atoms with Crippen LogP contribution in [0.1, 0.15) is 170 Å². The summed E-state index contributed by atoms with van der Waals surface area (Å²) in [5.41, 5.74) is 0.113. The third-order valence-corrected chi connectivity index (χ3v) is 16.6. The van der Waals surface area contributed by atoms with Crippen LogP contribution in [0.4, 0.5) is 0 Å². The lowest BCUT2D eigenvalue weighted by Gasteiger charge is -2.72. The number of methoxy groups -OCH3 is 1. The second-order valence-electron chi connectivity index (χ2n) is 19.2. The van der Waals surface area contributed by atoms with Crippen LogP contribution in [0.3, 0.4) is 0 Å². The van der Waals surface area contributed by atoms with Crippen molar-refractivity contribution in [3.05, 3.63) is 0 Å². The molecule has 0 aromatic carbocycles. The maximum Gasteiger partial charge on any atom is 0.305 e. The highest BCUT2D eigenvalue weighted by Gasteiger charge is 2.72. The SMILES string of the molecule is COC(=O)CCCCCCCCCCNC(=O)[C@]12CC[C@@H](C(C)O)[C@@H]1[C@H]1CCC3[C@@]4(C)CC[C@H](OC(C)=O)C(C)(C)[C@@H]4CC[C@@]3(C)[C@]1(C)CC2. The molecule has 5 aliphatic rings. The lowest BCUT2D eigenvalue weighted by molar-refractivity contribution is -0.250. The lowest BCUT2D eigenvalue weighted by Crippen LogP contribution is -2.67. The topological polar surface area (TPSA) is 102 Å². The fourth-order valence-electron chi connectivity index (χ4n) is 13.9. The monoisotopic (exact) mass is 700 g/mol. The van der Waals surface area contributed by atoms with Crippen LogP contribution in [0, 0.1) is 56.7 Å². The van der Waals surface area contributed by atoms with Crippen LogP contribution in [0.5, 0.6) is 0 Å². The number of amides is 1. The molecule has 5 aliphatic carbocycles. The molecule has 0 spiro atoms. The van der Waals surface area contributed by atoms with Gasteiger partial charge in [-0.25, -0.2) is 0 Å². The number of carbonyl (C=O) groups excluding carboxylic acids is 3. The number of nitrogens with one attached hydrogen (secondary N) is 1. The van der Waals surface area contributed by atoms with Gasteiger partial charge in [0.1, 0.15) is 6.10 Å². The molecule has 2 unspecified atom stereocenters. The Morgan fingerprint density at radius 2 is 1.42 bits per heavy atom. The summed E-state index contributed by atoms with van der Waals surface area (Å²) >= 11 is 0. The van der Waals surface area contributed by atoms with E-state index < -0.39 is 6.10 Å². The van der Waals surface area contributed by atoms with Crippen molar-refractivity contribution in [3.8, 4) is 0 Å². The minimum Gasteiger partial charge on any atom is -0.469 e. The molecule has 2 N–H and O–H groups in total. The van der Waals surface area contributed by atoms with Crippen molar-refractivity contribution >= 4 is 17.8 Å². The fourth-order valence-corrected chi connectivity index (χ4v) is 13.9. The van der Waals surface area contributed by atoms with E-state index in [1.54, 1.807) is 6.92 Å². The van der Waals surface area contributed by atoms with E-state index in [2.05, 4.69) is 39.9 Å². The number of aliphatic hydroxyl groups is 1. The summed E-state index contributed by atoms with van der Waals surface area (Å²) in [6, 6.07) is 0. The summed E-state index contributed by atoms with van der Waals surface area (Å²) in [7, 11) is 1.45. The van der Waals surface area contributed by atoms with E-state index in [9.17, 15) is 19.5 Å². The zero-order valence-electron chi connectivity index (χ0n) is 33.2. The maximum absolute atomic E-state index is 14.4. The van der Waals surface area contributed by atoms with Gasteiger partial charge in [-0.3, -0.25) is 14.4 Å². The van der Waals surface area contributed by atoms with E-state index in [4.69, 9.17) is 9.47 Å². The summed E-state index contributed by atoms with van der Waals surface area (Å²) in [4.78, 5) is 37.7. The van der Waals surface area contributed by atoms with Crippen molar-refractivity contribution in [3.63, 3.8) is 0 Å². The molecule has 0 aromatic rings. The fraction of sp³-hybridized carbons (Fsp3) is 0.930. The Labute approximate surface area is 304 Å². The van der Waals surface area contributed by atoms with Gasteiger partial charge in [0.2, 0.25) is 5.91 Å². The van der Waals surface area contributed by atoms with Crippen molar-refractivity contribution < 1.29 is 29.0 Å². The molecule has 0 radical (unpaired) electrons. The Kier molecular flexibility index (Phi) is 12.2. The van der Waals surface area contributed by atoms with E-state index in [1.807, 2.05) is 6.92 Å². The first-order chi connectivity index (χ1) is 23.6. The molecule has 5 saturated carbocycles. The molecule has 5 fully saturated rings. The van der Waals surface area contributed by atoms with Crippen molar-refractivity contribution in [1.29, 1.82) is 0 Å². The number of esters is 2. The summed E-state index contributed by atoms with van der Waals surface area (Å²) in [6.45, 7) is 16.8. The standard InChI is InChI=1S/C43H73NO6/c1-29(45)31-20-25-43(38(48)44-28-16-14-12-10-9-11-13-15-17-36(47)49-8)27-26-41(6)32(37(31)43)18-19-34-40(5)23-22-35(50-30(2)46)39(3,4)33(40)21-24-42(34,41)7/h29,31-35,37,45H,9-28H2,1-8H3,(H,44,48)/t29?,31-,32+,33-,34?,35-,37+,40-,41+,42+,43-/m0/s1. The Bertz CT molecular complexity index is 1220. The number of fused-ring (bicyclic) bond motifs is 7. The normalized spacial score (nSPS) is 40.7.